The number of nitrogens with zero attached hydrogens (tertiary/aromatic N) is 2. The lowest BCUT2D eigenvalue weighted by atomic mass is 10.0. The topological polar surface area (TPSA) is 68.3 Å². The minimum atomic E-state index is 0.492. The summed E-state index contributed by atoms with van der Waals surface area (Å²) in [5.41, 5.74) is 3.10. The monoisotopic (exact) mass is 364 g/mol. The first-order valence-corrected chi connectivity index (χ1v) is 8.78. The van der Waals surface area contributed by atoms with Gasteiger partial charge in [-0.05, 0) is 41.8 Å². The third kappa shape index (κ3) is 4.67. The van der Waals surface area contributed by atoms with Crippen LogP contribution in [0.2, 0.25) is 0 Å². The molecule has 0 amide bonds. The maximum atomic E-state index is 5.33. The average Bonchev–Trinajstić information content (AvgIpc) is 2.68. The fraction of sp³-hybridized carbons (Fsp3) is 0.238. The Bertz CT molecular complexity index is 895. The fourth-order valence-corrected chi connectivity index (χ4v) is 2.63. The van der Waals surface area contributed by atoms with Crippen molar-refractivity contribution in [3.05, 3.63) is 60.3 Å². The molecule has 0 unspecified atom stereocenters. The summed E-state index contributed by atoms with van der Waals surface area (Å²) in [5.74, 6) is 3.03. The number of anilines is 4. The number of nitrogens with one attached hydrogen (secondary N) is 2. The molecule has 1 heterocycles. The van der Waals surface area contributed by atoms with Crippen LogP contribution < -0.4 is 20.1 Å². The second kappa shape index (κ2) is 8.40. The van der Waals surface area contributed by atoms with Crippen LogP contribution in [-0.4, -0.2) is 24.2 Å². The Labute approximate surface area is 159 Å². The molecule has 0 aliphatic rings. The number of hydrogen-bond donors (Lipinski definition) is 2. The number of benzene rings is 2. The van der Waals surface area contributed by atoms with Gasteiger partial charge in [0.1, 0.15) is 5.82 Å². The van der Waals surface area contributed by atoms with Gasteiger partial charge in [0.25, 0.3) is 0 Å². The third-order valence-corrected chi connectivity index (χ3v) is 4.15. The molecule has 2 N–H and O–H groups in total. The molecule has 0 radical (unpaired) electrons. The van der Waals surface area contributed by atoms with Gasteiger partial charge >= 0.3 is 0 Å². The summed E-state index contributed by atoms with van der Waals surface area (Å²) in [7, 11) is 3.21. The molecule has 0 saturated heterocycles. The van der Waals surface area contributed by atoms with Crippen LogP contribution in [0.3, 0.4) is 0 Å². The average molecular weight is 364 g/mol. The summed E-state index contributed by atoms with van der Waals surface area (Å²) in [4.78, 5) is 8.79. The lowest BCUT2D eigenvalue weighted by Gasteiger charge is -2.12. The van der Waals surface area contributed by atoms with Crippen molar-refractivity contribution < 1.29 is 9.47 Å². The molecule has 0 aliphatic heterocycles. The second-order valence-electron chi connectivity index (χ2n) is 6.36. The second-order valence-corrected chi connectivity index (χ2v) is 6.36. The first-order chi connectivity index (χ1) is 13.1. The standard InChI is InChI=1S/C21H24N4O2/c1-14(2)15-5-7-16(8-6-15)23-20-11-12-22-21(25-20)24-17-9-10-18(26-3)19(13-17)27-4/h5-14H,1-4H3,(H2,22,23,24,25). The molecule has 6 heteroatoms. The van der Waals surface area contributed by atoms with E-state index in [1.54, 1.807) is 20.4 Å². The van der Waals surface area contributed by atoms with Gasteiger partial charge in [-0.3, -0.25) is 0 Å². The molecule has 1 aromatic heterocycles. The highest BCUT2D eigenvalue weighted by Crippen LogP contribution is 2.30. The molecule has 6 nitrogen and oxygen atoms in total. The van der Waals surface area contributed by atoms with Crippen molar-refractivity contribution >= 4 is 23.1 Å². The highest BCUT2D eigenvalue weighted by molar-refractivity contribution is 5.62. The van der Waals surface area contributed by atoms with E-state index in [1.165, 1.54) is 5.56 Å². The number of ether oxygens (including phenoxy) is 2. The first-order valence-electron chi connectivity index (χ1n) is 8.78. The minimum absolute atomic E-state index is 0.492. The summed E-state index contributed by atoms with van der Waals surface area (Å²) < 4.78 is 10.6. The molecule has 2 aromatic carbocycles. The van der Waals surface area contributed by atoms with Crippen molar-refractivity contribution in [1.29, 1.82) is 0 Å². The van der Waals surface area contributed by atoms with Gasteiger partial charge in [0.15, 0.2) is 11.5 Å². The third-order valence-electron chi connectivity index (χ3n) is 4.15. The van der Waals surface area contributed by atoms with E-state index in [-0.39, 0.29) is 0 Å². The quantitative estimate of drug-likeness (QED) is 0.607. The lowest BCUT2D eigenvalue weighted by molar-refractivity contribution is 0.355. The Morgan fingerprint density at radius 3 is 2.19 bits per heavy atom. The minimum Gasteiger partial charge on any atom is -0.493 e. The van der Waals surface area contributed by atoms with E-state index in [1.807, 2.05) is 24.3 Å². The molecule has 140 valence electrons. The Kier molecular flexibility index (Phi) is 5.76. The van der Waals surface area contributed by atoms with Gasteiger partial charge in [-0.25, -0.2) is 4.98 Å². The Morgan fingerprint density at radius 1 is 0.815 bits per heavy atom. The van der Waals surface area contributed by atoms with Crippen LogP contribution in [0, 0.1) is 0 Å². The molecule has 0 aliphatic carbocycles. The van der Waals surface area contributed by atoms with Crippen molar-refractivity contribution in [3.63, 3.8) is 0 Å². The predicted molar refractivity (Wildman–Crippen MR) is 109 cm³/mol. The maximum Gasteiger partial charge on any atom is 0.229 e. The predicted octanol–water partition coefficient (Wildman–Crippen LogP) is 5.10. The molecule has 3 aromatic rings. The van der Waals surface area contributed by atoms with Crippen LogP contribution in [0.4, 0.5) is 23.1 Å². The van der Waals surface area contributed by atoms with E-state index < -0.39 is 0 Å². The summed E-state index contributed by atoms with van der Waals surface area (Å²) in [6.07, 6.45) is 1.71. The maximum absolute atomic E-state index is 5.33. The molecule has 0 spiro atoms. The normalized spacial score (nSPS) is 10.6. The van der Waals surface area contributed by atoms with Gasteiger partial charge in [0.2, 0.25) is 5.95 Å². The SMILES string of the molecule is COc1ccc(Nc2nccc(Nc3ccc(C(C)C)cc3)n2)cc1OC. The molecule has 0 bridgehead atoms. The van der Waals surface area contributed by atoms with Gasteiger partial charge < -0.3 is 20.1 Å². The highest BCUT2D eigenvalue weighted by Gasteiger charge is 2.07. The highest BCUT2D eigenvalue weighted by atomic mass is 16.5. The van der Waals surface area contributed by atoms with Crippen molar-refractivity contribution in [1.82, 2.24) is 9.97 Å². The van der Waals surface area contributed by atoms with Crippen LogP contribution in [0.25, 0.3) is 0 Å². The van der Waals surface area contributed by atoms with Crippen LogP contribution in [0.15, 0.2) is 54.7 Å². The van der Waals surface area contributed by atoms with Crippen LogP contribution >= 0.6 is 0 Å². The zero-order chi connectivity index (χ0) is 19.2. The van der Waals surface area contributed by atoms with Crippen molar-refractivity contribution in [3.8, 4) is 11.5 Å². The lowest BCUT2D eigenvalue weighted by Crippen LogP contribution is -2.01. The van der Waals surface area contributed by atoms with Crippen LogP contribution in [-0.2, 0) is 0 Å². The number of rotatable bonds is 7. The molecule has 3 rings (SSSR count). The molecular formula is C21H24N4O2. The molecule has 0 fully saturated rings. The van der Waals surface area contributed by atoms with Crippen LogP contribution in [0.1, 0.15) is 25.3 Å². The largest absolute Gasteiger partial charge is 0.493 e. The molecule has 27 heavy (non-hydrogen) atoms. The van der Waals surface area contributed by atoms with Crippen LogP contribution in [0.5, 0.6) is 11.5 Å². The number of hydrogen-bond acceptors (Lipinski definition) is 6. The number of methoxy groups -OCH3 is 2. The summed E-state index contributed by atoms with van der Waals surface area (Å²) in [5, 5.41) is 6.48. The summed E-state index contributed by atoms with van der Waals surface area (Å²) in [6, 6.07) is 15.7. The Morgan fingerprint density at radius 2 is 1.52 bits per heavy atom. The summed E-state index contributed by atoms with van der Waals surface area (Å²) >= 11 is 0. The van der Waals surface area contributed by atoms with E-state index in [9.17, 15) is 0 Å². The smallest absolute Gasteiger partial charge is 0.229 e. The van der Waals surface area contributed by atoms with Gasteiger partial charge in [0.05, 0.1) is 14.2 Å². The Hall–Kier alpha value is -3.28. The van der Waals surface area contributed by atoms with E-state index in [4.69, 9.17) is 9.47 Å². The van der Waals surface area contributed by atoms with Gasteiger partial charge in [-0.2, -0.15) is 4.98 Å². The van der Waals surface area contributed by atoms with E-state index in [0.29, 0.717) is 29.2 Å². The molecule has 0 saturated carbocycles. The molecular weight excluding hydrogens is 340 g/mol. The van der Waals surface area contributed by atoms with E-state index in [2.05, 4.69) is 58.7 Å². The van der Waals surface area contributed by atoms with Gasteiger partial charge in [-0.1, -0.05) is 26.0 Å². The van der Waals surface area contributed by atoms with E-state index in [0.717, 1.165) is 11.4 Å². The number of aromatic nitrogens is 2. The van der Waals surface area contributed by atoms with Crippen molar-refractivity contribution in [2.45, 2.75) is 19.8 Å². The van der Waals surface area contributed by atoms with E-state index >= 15 is 0 Å². The van der Waals surface area contributed by atoms with Gasteiger partial charge in [-0.15, -0.1) is 0 Å². The zero-order valence-electron chi connectivity index (χ0n) is 16.0. The zero-order valence-corrected chi connectivity index (χ0v) is 16.0. The molecule has 0 atom stereocenters. The fourth-order valence-electron chi connectivity index (χ4n) is 2.63. The van der Waals surface area contributed by atoms with Gasteiger partial charge in [0, 0.05) is 23.6 Å². The van der Waals surface area contributed by atoms with Crippen molar-refractivity contribution in [2.24, 2.45) is 0 Å². The summed E-state index contributed by atoms with van der Waals surface area (Å²) in [6.45, 7) is 4.36. The Balaban J connectivity index is 1.73. The van der Waals surface area contributed by atoms with Crippen molar-refractivity contribution in [2.75, 3.05) is 24.9 Å². The first kappa shape index (κ1) is 18.5.